The van der Waals surface area contributed by atoms with Crippen LogP contribution in [0.25, 0.3) is 0 Å². The van der Waals surface area contributed by atoms with Crippen molar-refractivity contribution in [1.29, 1.82) is 0 Å². The molecule has 0 unspecified atom stereocenters. The molecule has 5 heteroatoms. The lowest BCUT2D eigenvalue weighted by molar-refractivity contribution is 0.798. The minimum absolute atomic E-state index is 0.597. The number of rotatable bonds is 7. The van der Waals surface area contributed by atoms with Gasteiger partial charge in [-0.05, 0) is 38.8 Å². The summed E-state index contributed by atoms with van der Waals surface area (Å²) in [6.07, 6.45) is 2.79. The summed E-state index contributed by atoms with van der Waals surface area (Å²) in [5.74, 6) is 1.80. The SMILES string of the molecule is CCNC(=NCc1cccnc1N(C)C)NCCc1cc(C)cc(C)c1. The van der Waals surface area contributed by atoms with E-state index in [-0.39, 0.29) is 0 Å². The molecule has 0 amide bonds. The van der Waals surface area contributed by atoms with Crippen molar-refractivity contribution in [3.05, 3.63) is 58.8 Å². The monoisotopic (exact) mass is 353 g/mol. The maximum atomic E-state index is 4.72. The topological polar surface area (TPSA) is 52.6 Å². The highest BCUT2D eigenvalue weighted by Crippen LogP contribution is 2.15. The Morgan fingerprint density at radius 3 is 2.50 bits per heavy atom. The van der Waals surface area contributed by atoms with Gasteiger partial charge in [0, 0.05) is 38.9 Å². The van der Waals surface area contributed by atoms with E-state index in [0.29, 0.717) is 6.54 Å². The molecule has 1 aromatic heterocycles. The number of hydrogen-bond donors (Lipinski definition) is 2. The normalized spacial score (nSPS) is 11.3. The van der Waals surface area contributed by atoms with Crippen molar-refractivity contribution >= 4 is 11.8 Å². The van der Waals surface area contributed by atoms with Crippen LogP contribution >= 0.6 is 0 Å². The van der Waals surface area contributed by atoms with Crippen LogP contribution in [0.1, 0.15) is 29.2 Å². The third-order valence-corrected chi connectivity index (χ3v) is 4.03. The summed E-state index contributed by atoms with van der Waals surface area (Å²) in [7, 11) is 4.01. The van der Waals surface area contributed by atoms with E-state index in [2.05, 4.69) is 60.7 Å². The molecule has 2 aromatic rings. The second-order valence-corrected chi connectivity index (χ2v) is 6.75. The first kappa shape index (κ1) is 19.8. The Bertz CT molecular complexity index is 717. The third-order valence-electron chi connectivity index (χ3n) is 4.03. The molecule has 0 radical (unpaired) electrons. The molecule has 0 saturated heterocycles. The Morgan fingerprint density at radius 1 is 1.12 bits per heavy atom. The lowest BCUT2D eigenvalue weighted by Crippen LogP contribution is -2.38. The molecule has 0 bridgehead atoms. The number of nitrogens with one attached hydrogen (secondary N) is 2. The predicted molar refractivity (Wildman–Crippen MR) is 111 cm³/mol. The molecule has 1 heterocycles. The number of anilines is 1. The van der Waals surface area contributed by atoms with Gasteiger partial charge in [-0.25, -0.2) is 9.98 Å². The van der Waals surface area contributed by atoms with Crippen LogP contribution in [0.4, 0.5) is 5.82 Å². The van der Waals surface area contributed by atoms with Gasteiger partial charge in [0.25, 0.3) is 0 Å². The summed E-state index contributed by atoms with van der Waals surface area (Å²) in [6, 6.07) is 10.7. The molecule has 0 saturated carbocycles. The number of hydrogen-bond acceptors (Lipinski definition) is 3. The van der Waals surface area contributed by atoms with Gasteiger partial charge in [0.05, 0.1) is 6.54 Å². The van der Waals surface area contributed by atoms with Gasteiger partial charge in [0.2, 0.25) is 0 Å². The number of guanidine groups is 1. The second-order valence-electron chi connectivity index (χ2n) is 6.75. The zero-order valence-electron chi connectivity index (χ0n) is 16.6. The van der Waals surface area contributed by atoms with E-state index >= 15 is 0 Å². The fourth-order valence-electron chi connectivity index (χ4n) is 3.00. The van der Waals surface area contributed by atoms with Gasteiger partial charge in [-0.1, -0.05) is 35.4 Å². The van der Waals surface area contributed by atoms with E-state index in [4.69, 9.17) is 4.99 Å². The highest BCUT2D eigenvalue weighted by molar-refractivity contribution is 5.79. The maximum Gasteiger partial charge on any atom is 0.191 e. The van der Waals surface area contributed by atoms with Crippen LogP contribution in [-0.4, -0.2) is 38.1 Å². The van der Waals surface area contributed by atoms with Crippen LogP contribution in [0.3, 0.4) is 0 Å². The molecule has 0 fully saturated rings. The molecule has 140 valence electrons. The standard InChI is InChI=1S/C21H31N5/c1-6-22-21(24-11-9-18-13-16(2)12-17(3)14-18)25-15-19-8-7-10-23-20(19)26(4)5/h7-8,10,12-14H,6,9,11,15H2,1-5H3,(H2,22,24,25). The Kier molecular flexibility index (Phi) is 7.45. The molecule has 0 atom stereocenters. The number of nitrogens with zero attached hydrogens (tertiary/aromatic N) is 3. The van der Waals surface area contributed by atoms with E-state index in [1.54, 1.807) is 0 Å². The van der Waals surface area contributed by atoms with Crippen LogP contribution in [0.2, 0.25) is 0 Å². The molecular weight excluding hydrogens is 322 g/mol. The average molecular weight is 354 g/mol. The quantitative estimate of drug-likeness (QED) is 0.593. The Hall–Kier alpha value is -2.56. The summed E-state index contributed by atoms with van der Waals surface area (Å²) in [5.41, 5.74) is 5.10. The molecular formula is C21H31N5. The van der Waals surface area contributed by atoms with E-state index in [0.717, 1.165) is 36.9 Å². The first-order valence-electron chi connectivity index (χ1n) is 9.20. The van der Waals surface area contributed by atoms with Gasteiger partial charge < -0.3 is 15.5 Å². The third kappa shape index (κ3) is 6.06. The summed E-state index contributed by atoms with van der Waals surface area (Å²) in [4.78, 5) is 11.2. The fourth-order valence-corrected chi connectivity index (χ4v) is 3.00. The van der Waals surface area contributed by atoms with Gasteiger partial charge in [0.1, 0.15) is 5.82 Å². The molecule has 0 aliphatic heterocycles. The number of aromatic nitrogens is 1. The highest BCUT2D eigenvalue weighted by Gasteiger charge is 2.05. The maximum absolute atomic E-state index is 4.72. The number of pyridine rings is 1. The summed E-state index contributed by atoms with van der Waals surface area (Å²) in [6.45, 7) is 8.65. The Morgan fingerprint density at radius 2 is 1.85 bits per heavy atom. The first-order valence-corrected chi connectivity index (χ1v) is 9.20. The molecule has 0 aliphatic carbocycles. The lowest BCUT2D eigenvalue weighted by Gasteiger charge is -2.16. The van der Waals surface area contributed by atoms with Crippen LogP contribution in [-0.2, 0) is 13.0 Å². The molecule has 2 rings (SSSR count). The predicted octanol–water partition coefficient (Wildman–Crippen LogP) is 3.06. The number of benzene rings is 1. The summed E-state index contributed by atoms with van der Waals surface area (Å²) in [5, 5.41) is 6.75. The first-order chi connectivity index (χ1) is 12.5. The average Bonchev–Trinajstić information content (AvgIpc) is 2.59. The minimum atomic E-state index is 0.597. The molecule has 5 nitrogen and oxygen atoms in total. The van der Waals surface area contributed by atoms with E-state index < -0.39 is 0 Å². The van der Waals surface area contributed by atoms with Crippen LogP contribution in [0, 0.1) is 13.8 Å². The van der Waals surface area contributed by atoms with Gasteiger partial charge >= 0.3 is 0 Å². The molecule has 0 aliphatic rings. The smallest absolute Gasteiger partial charge is 0.191 e. The second kappa shape index (κ2) is 9.80. The molecule has 1 aromatic carbocycles. The van der Waals surface area contributed by atoms with Gasteiger partial charge in [0.15, 0.2) is 5.96 Å². The van der Waals surface area contributed by atoms with Gasteiger partial charge in [-0.15, -0.1) is 0 Å². The largest absolute Gasteiger partial charge is 0.362 e. The number of aliphatic imine (C=N–C) groups is 1. The van der Waals surface area contributed by atoms with Crippen molar-refractivity contribution in [2.24, 2.45) is 4.99 Å². The van der Waals surface area contributed by atoms with Crippen molar-refractivity contribution in [3.8, 4) is 0 Å². The van der Waals surface area contributed by atoms with Crippen molar-refractivity contribution in [2.75, 3.05) is 32.1 Å². The van der Waals surface area contributed by atoms with Crippen molar-refractivity contribution < 1.29 is 0 Å². The highest BCUT2D eigenvalue weighted by atomic mass is 15.2. The zero-order chi connectivity index (χ0) is 18.9. The van der Waals surface area contributed by atoms with Crippen LogP contribution in [0.5, 0.6) is 0 Å². The Labute approximate surface area is 157 Å². The Balaban J connectivity index is 1.98. The van der Waals surface area contributed by atoms with Crippen molar-refractivity contribution in [2.45, 2.75) is 33.7 Å². The van der Waals surface area contributed by atoms with Crippen LogP contribution in [0.15, 0.2) is 41.5 Å². The van der Waals surface area contributed by atoms with Crippen molar-refractivity contribution in [1.82, 2.24) is 15.6 Å². The summed E-state index contributed by atoms with van der Waals surface area (Å²) < 4.78 is 0. The minimum Gasteiger partial charge on any atom is -0.362 e. The molecule has 0 spiro atoms. The van der Waals surface area contributed by atoms with E-state index in [1.165, 1.54) is 16.7 Å². The van der Waals surface area contributed by atoms with Gasteiger partial charge in [-0.2, -0.15) is 0 Å². The lowest BCUT2D eigenvalue weighted by atomic mass is 10.1. The van der Waals surface area contributed by atoms with Gasteiger partial charge in [-0.3, -0.25) is 0 Å². The van der Waals surface area contributed by atoms with E-state index in [9.17, 15) is 0 Å². The fraction of sp³-hybridized carbons (Fsp3) is 0.429. The van der Waals surface area contributed by atoms with Crippen molar-refractivity contribution in [3.63, 3.8) is 0 Å². The van der Waals surface area contributed by atoms with Crippen LogP contribution < -0.4 is 15.5 Å². The molecule has 26 heavy (non-hydrogen) atoms. The zero-order valence-corrected chi connectivity index (χ0v) is 16.6. The molecule has 2 N–H and O–H groups in total. The van der Waals surface area contributed by atoms with E-state index in [1.807, 2.05) is 31.3 Å². The summed E-state index contributed by atoms with van der Waals surface area (Å²) >= 11 is 0. The number of aryl methyl sites for hydroxylation is 2.